The van der Waals surface area contributed by atoms with Crippen molar-refractivity contribution in [2.24, 2.45) is 0 Å². The van der Waals surface area contributed by atoms with Crippen molar-refractivity contribution < 1.29 is 19.3 Å². The molecule has 0 aliphatic rings. The Hall–Kier alpha value is -2.81. The van der Waals surface area contributed by atoms with E-state index in [1.54, 1.807) is 12.1 Å². The van der Waals surface area contributed by atoms with Crippen LogP contribution in [0.4, 0.5) is 5.69 Å². The molecule has 1 aromatic heterocycles. The number of H-pyrrole nitrogens is 1. The number of hydrogen-bond donors (Lipinski definition) is 3. The maximum Gasteiger partial charge on any atom is 0.345 e. The van der Waals surface area contributed by atoms with Crippen molar-refractivity contribution in [3.63, 3.8) is 0 Å². The minimum absolute atomic E-state index is 0.0919. The molecule has 3 N–H and O–H groups in total. The van der Waals surface area contributed by atoms with E-state index in [0.29, 0.717) is 9.95 Å². The maximum atomic E-state index is 12.0. The number of hydrogen-bond acceptors (Lipinski definition) is 5. The Morgan fingerprint density at radius 3 is 2.42 bits per heavy atom. The number of non-ortho nitro benzene ring substituents is 1. The van der Waals surface area contributed by atoms with Crippen molar-refractivity contribution >= 4 is 35.1 Å². The van der Waals surface area contributed by atoms with Gasteiger partial charge in [-0.3, -0.25) is 28.8 Å². The molecule has 1 heterocycles. The molecule has 2 aromatic carbocycles. The van der Waals surface area contributed by atoms with Crippen LogP contribution >= 0.6 is 7.60 Å². The molecule has 3 rings (SSSR count). The van der Waals surface area contributed by atoms with E-state index < -0.39 is 29.9 Å². The summed E-state index contributed by atoms with van der Waals surface area (Å²) < 4.78 is 11.8. The Bertz CT molecular complexity index is 1160. The lowest BCUT2D eigenvalue weighted by atomic mass is 10.1. The molecule has 3 aromatic rings. The zero-order valence-corrected chi connectivity index (χ0v) is 12.8. The van der Waals surface area contributed by atoms with Crippen LogP contribution in [0.1, 0.15) is 0 Å². The summed E-state index contributed by atoms with van der Waals surface area (Å²) in [5.74, 6) is 0. The Balaban J connectivity index is 2.59. The molecule has 0 saturated heterocycles. The monoisotopic (exact) mass is 351 g/mol. The topological polar surface area (TPSA) is 156 Å². The molecule has 24 heavy (non-hydrogen) atoms. The highest BCUT2D eigenvalue weighted by Crippen LogP contribution is 2.38. The molecular formula is C13H10N3O7P. The molecule has 0 saturated carbocycles. The van der Waals surface area contributed by atoms with Gasteiger partial charge in [0.2, 0.25) is 0 Å². The molecular weight excluding hydrogens is 341 g/mol. The summed E-state index contributed by atoms with van der Waals surface area (Å²) in [6.07, 6.45) is -1.05. The Kier molecular flexibility index (Phi) is 3.60. The van der Waals surface area contributed by atoms with Gasteiger partial charge in [0.05, 0.1) is 21.3 Å². The van der Waals surface area contributed by atoms with Crippen molar-refractivity contribution in [2.45, 2.75) is 6.29 Å². The molecule has 0 aliphatic carbocycles. The average molecular weight is 351 g/mol. The quantitative estimate of drug-likeness (QED) is 0.208. The van der Waals surface area contributed by atoms with Gasteiger partial charge < -0.3 is 14.8 Å². The average Bonchev–Trinajstić information content (AvgIpc) is 2.50. The van der Waals surface area contributed by atoms with Gasteiger partial charge in [0, 0.05) is 11.5 Å². The van der Waals surface area contributed by atoms with Crippen LogP contribution in [0, 0.1) is 10.1 Å². The third kappa shape index (κ3) is 2.62. The predicted molar refractivity (Wildman–Crippen MR) is 85.0 cm³/mol. The predicted octanol–water partition coefficient (Wildman–Crippen LogP) is 0.886. The standard InChI is InChI=1S/C13H10N3O7P/c17-12-13(18)15(6-24(21,22)23)10-5-9(16(19)20)7-3-1-2-4-8(7)11(10)14-12/h1-5H,6H2,(H,14,17)(H2,21,22,23). The lowest BCUT2D eigenvalue weighted by Crippen LogP contribution is -2.36. The molecule has 10 nitrogen and oxygen atoms in total. The summed E-state index contributed by atoms with van der Waals surface area (Å²) in [5.41, 5.74) is -2.66. The first-order chi connectivity index (χ1) is 11.2. The van der Waals surface area contributed by atoms with E-state index in [4.69, 9.17) is 9.79 Å². The van der Waals surface area contributed by atoms with Crippen LogP contribution in [0.25, 0.3) is 21.8 Å². The number of aromatic amines is 1. The summed E-state index contributed by atoms with van der Waals surface area (Å²) in [6.45, 7) is 0. The van der Waals surface area contributed by atoms with Crippen molar-refractivity contribution in [1.82, 2.24) is 9.55 Å². The fraction of sp³-hybridized carbons (Fsp3) is 0.0769. The molecule has 0 aliphatic heterocycles. The number of nitrogens with zero attached hydrogens (tertiary/aromatic N) is 2. The summed E-state index contributed by atoms with van der Waals surface area (Å²) in [6, 6.07) is 7.16. The van der Waals surface area contributed by atoms with E-state index in [1.165, 1.54) is 12.1 Å². The zero-order chi connectivity index (χ0) is 17.6. The van der Waals surface area contributed by atoms with Crippen LogP contribution in [0.5, 0.6) is 0 Å². The van der Waals surface area contributed by atoms with E-state index in [9.17, 15) is 24.3 Å². The van der Waals surface area contributed by atoms with Crippen molar-refractivity contribution in [3.05, 3.63) is 61.2 Å². The first-order valence-corrected chi connectivity index (χ1v) is 8.36. The second-order valence-electron chi connectivity index (χ2n) is 5.09. The number of benzene rings is 2. The Morgan fingerprint density at radius 2 is 1.83 bits per heavy atom. The fourth-order valence-corrected chi connectivity index (χ4v) is 3.21. The number of aromatic nitrogens is 2. The zero-order valence-electron chi connectivity index (χ0n) is 11.9. The van der Waals surface area contributed by atoms with Gasteiger partial charge >= 0.3 is 18.7 Å². The van der Waals surface area contributed by atoms with Crippen LogP contribution in [0.2, 0.25) is 0 Å². The normalized spacial score (nSPS) is 11.9. The van der Waals surface area contributed by atoms with Crippen molar-refractivity contribution in [1.29, 1.82) is 0 Å². The molecule has 0 spiro atoms. The molecule has 0 fully saturated rings. The van der Waals surface area contributed by atoms with Gasteiger partial charge in [-0.1, -0.05) is 18.2 Å². The summed E-state index contributed by atoms with van der Waals surface area (Å²) in [4.78, 5) is 55.1. The molecule has 0 bridgehead atoms. The minimum atomic E-state index is -4.70. The third-order valence-corrected chi connectivity index (χ3v) is 4.14. The van der Waals surface area contributed by atoms with E-state index in [2.05, 4.69) is 4.98 Å². The number of fused-ring (bicyclic) bond motifs is 3. The summed E-state index contributed by atoms with van der Waals surface area (Å²) in [5, 5.41) is 11.8. The minimum Gasteiger partial charge on any atom is -0.323 e. The molecule has 0 unspecified atom stereocenters. The van der Waals surface area contributed by atoms with E-state index in [-0.39, 0.29) is 22.1 Å². The number of nitrogens with one attached hydrogen (secondary N) is 1. The third-order valence-electron chi connectivity index (χ3n) is 3.49. The van der Waals surface area contributed by atoms with Gasteiger partial charge in [0.1, 0.15) is 6.29 Å². The molecule has 124 valence electrons. The lowest BCUT2D eigenvalue weighted by Gasteiger charge is -2.12. The second-order valence-corrected chi connectivity index (χ2v) is 6.70. The van der Waals surface area contributed by atoms with Crippen LogP contribution in [-0.2, 0) is 10.9 Å². The van der Waals surface area contributed by atoms with Gasteiger partial charge in [-0.25, -0.2) is 0 Å². The van der Waals surface area contributed by atoms with Crippen molar-refractivity contribution in [2.75, 3.05) is 0 Å². The number of rotatable bonds is 3. The molecule has 0 amide bonds. The first kappa shape index (κ1) is 16.1. The van der Waals surface area contributed by atoms with E-state index in [1.807, 2.05) is 0 Å². The fourth-order valence-electron chi connectivity index (χ4n) is 2.56. The highest BCUT2D eigenvalue weighted by Gasteiger charge is 2.22. The molecule has 0 atom stereocenters. The summed E-state index contributed by atoms with van der Waals surface area (Å²) >= 11 is 0. The van der Waals surface area contributed by atoms with Gasteiger partial charge in [0.25, 0.3) is 5.69 Å². The van der Waals surface area contributed by atoms with Gasteiger partial charge in [-0.15, -0.1) is 0 Å². The van der Waals surface area contributed by atoms with Crippen LogP contribution in [0.3, 0.4) is 0 Å². The molecule has 11 heteroatoms. The summed E-state index contributed by atoms with van der Waals surface area (Å²) in [7, 11) is -4.70. The van der Waals surface area contributed by atoms with Crippen LogP contribution in [0.15, 0.2) is 39.9 Å². The first-order valence-electron chi connectivity index (χ1n) is 6.56. The van der Waals surface area contributed by atoms with E-state index >= 15 is 0 Å². The Morgan fingerprint density at radius 1 is 1.21 bits per heavy atom. The van der Waals surface area contributed by atoms with E-state index in [0.717, 1.165) is 6.07 Å². The molecule has 0 radical (unpaired) electrons. The smallest absolute Gasteiger partial charge is 0.323 e. The van der Waals surface area contributed by atoms with Crippen molar-refractivity contribution in [3.8, 4) is 0 Å². The number of nitro groups is 1. The van der Waals surface area contributed by atoms with Gasteiger partial charge in [-0.05, 0) is 6.07 Å². The maximum absolute atomic E-state index is 12.0. The van der Waals surface area contributed by atoms with Crippen LogP contribution in [-0.4, -0.2) is 24.3 Å². The van der Waals surface area contributed by atoms with Gasteiger partial charge in [-0.2, -0.15) is 0 Å². The number of nitro benzene ring substituents is 1. The highest BCUT2D eigenvalue weighted by atomic mass is 31.2. The Labute approximate surface area is 132 Å². The lowest BCUT2D eigenvalue weighted by molar-refractivity contribution is -0.383. The largest absolute Gasteiger partial charge is 0.345 e. The highest BCUT2D eigenvalue weighted by molar-refractivity contribution is 7.50. The van der Waals surface area contributed by atoms with Gasteiger partial charge in [0.15, 0.2) is 0 Å². The SMILES string of the molecule is O=c1[nH]c2c3ccccc3c([N+](=O)[O-])cc2n(CP(=O)(O)O)c1=O. The van der Waals surface area contributed by atoms with Crippen LogP contribution < -0.4 is 11.1 Å². The second kappa shape index (κ2) is 5.38.